The number of hydrogen-bond acceptors (Lipinski definition) is 3. The lowest BCUT2D eigenvalue weighted by Gasteiger charge is -2.12. The maximum Gasteiger partial charge on any atom is 0.122 e. The summed E-state index contributed by atoms with van der Waals surface area (Å²) in [5.74, 6) is 1.68. The van der Waals surface area contributed by atoms with Crippen LogP contribution in [-0.4, -0.2) is 16.5 Å². The Kier molecular flexibility index (Phi) is 3.94. The zero-order valence-electron chi connectivity index (χ0n) is 10.1. The molecule has 2 rings (SSSR count). The molecule has 1 aliphatic rings. The van der Waals surface area contributed by atoms with Gasteiger partial charge in [-0.25, -0.2) is 0 Å². The van der Waals surface area contributed by atoms with Gasteiger partial charge >= 0.3 is 0 Å². The number of rotatable bonds is 4. The molecule has 3 N–H and O–H groups in total. The van der Waals surface area contributed by atoms with Crippen LogP contribution in [-0.2, 0) is 0 Å². The number of hydrogen-bond donors (Lipinski definition) is 2. The molecule has 0 bridgehead atoms. The third kappa shape index (κ3) is 3.40. The van der Waals surface area contributed by atoms with Gasteiger partial charge in [-0.1, -0.05) is 25.6 Å². The van der Waals surface area contributed by atoms with Gasteiger partial charge in [0, 0.05) is 18.4 Å². The molecule has 3 nitrogen and oxygen atoms in total. The lowest BCUT2D eigenvalue weighted by molar-refractivity contribution is 0.537. The molecule has 1 aromatic rings. The lowest BCUT2D eigenvalue weighted by Crippen LogP contribution is -2.14. The number of anilines is 1. The molecular formula is C13H19N3S. The molecule has 0 radical (unpaired) electrons. The predicted octanol–water partition coefficient (Wildman–Crippen LogP) is 2.56. The predicted molar refractivity (Wildman–Crippen MR) is 75.1 cm³/mol. The molecule has 4 heteroatoms. The summed E-state index contributed by atoms with van der Waals surface area (Å²) in [6.45, 7) is 3.36. The monoisotopic (exact) mass is 249 g/mol. The summed E-state index contributed by atoms with van der Waals surface area (Å²) < 4.78 is 0. The zero-order valence-corrected chi connectivity index (χ0v) is 11.0. The molecule has 1 aromatic heterocycles. The highest BCUT2D eigenvalue weighted by atomic mass is 32.1. The average molecular weight is 249 g/mol. The van der Waals surface area contributed by atoms with Gasteiger partial charge in [-0.2, -0.15) is 0 Å². The van der Waals surface area contributed by atoms with Crippen molar-refractivity contribution in [1.29, 1.82) is 0 Å². The highest BCUT2D eigenvalue weighted by molar-refractivity contribution is 7.80. The van der Waals surface area contributed by atoms with E-state index in [0.29, 0.717) is 10.7 Å². The number of nitrogens with zero attached hydrogens (tertiary/aromatic N) is 1. The fraction of sp³-hybridized carbons (Fsp3) is 0.538. The van der Waals surface area contributed by atoms with Crippen molar-refractivity contribution >= 4 is 22.9 Å². The van der Waals surface area contributed by atoms with E-state index in [1.807, 2.05) is 12.1 Å². The first-order valence-electron chi connectivity index (χ1n) is 6.15. The molecule has 0 amide bonds. The third-order valence-corrected chi connectivity index (χ3v) is 3.62. The Bertz CT molecular complexity index is 405. The smallest absolute Gasteiger partial charge is 0.122 e. The van der Waals surface area contributed by atoms with E-state index in [0.717, 1.165) is 24.1 Å². The zero-order chi connectivity index (χ0) is 12.3. The molecule has 0 saturated heterocycles. The van der Waals surface area contributed by atoms with Crippen LogP contribution in [0, 0.1) is 11.8 Å². The largest absolute Gasteiger partial charge is 0.388 e. The van der Waals surface area contributed by atoms with E-state index in [1.165, 1.54) is 19.3 Å². The molecule has 1 fully saturated rings. The maximum atomic E-state index is 5.56. The van der Waals surface area contributed by atoms with E-state index in [9.17, 15) is 0 Å². The molecule has 2 unspecified atom stereocenters. The number of thiocarbonyl (C=S) groups is 1. The van der Waals surface area contributed by atoms with Crippen LogP contribution < -0.4 is 11.1 Å². The lowest BCUT2D eigenvalue weighted by atomic mass is 10.1. The normalized spacial score (nSPS) is 23.6. The minimum atomic E-state index is 0.350. The van der Waals surface area contributed by atoms with Gasteiger partial charge in [0.1, 0.15) is 4.99 Å². The summed E-state index contributed by atoms with van der Waals surface area (Å²) in [6.07, 6.45) is 5.77. The quantitative estimate of drug-likeness (QED) is 0.805. The van der Waals surface area contributed by atoms with E-state index in [4.69, 9.17) is 18.0 Å². The van der Waals surface area contributed by atoms with Crippen LogP contribution >= 0.6 is 12.2 Å². The van der Waals surface area contributed by atoms with Crippen molar-refractivity contribution in [3.8, 4) is 0 Å². The first-order chi connectivity index (χ1) is 8.15. The average Bonchev–Trinajstić information content (AvgIpc) is 2.73. The second kappa shape index (κ2) is 5.45. The van der Waals surface area contributed by atoms with Crippen LogP contribution in [0.4, 0.5) is 5.69 Å². The van der Waals surface area contributed by atoms with Gasteiger partial charge in [-0.05, 0) is 36.8 Å². The summed E-state index contributed by atoms with van der Waals surface area (Å²) in [5, 5.41) is 3.45. The van der Waals surface area contributed by atoms with Crippen LogP contribution in [0.25, 0.3) is 0 Å². The van der Waals surface area contributed by atoms with Crippen molar-refractivity contribution in [3.63, 3.8) is 0 Å². The fourth-order valence-electron chi connectivity index (χ4n) is 2.45. The fourth-order valence-corrected chi connectivity index (χ4v) is 2.56. The second-order valence-electron chi connectivity index (χ2n) is 4.96. The van der Waals surface area contributed by atoms with Gasteiger partial charge in [0.15, 0.2) is 0 Å². The Balaban J connectivity index is 1.90. The van der Waals surface area contributed by atoms with Gasteiger partial charge in [0.25, 0.3) is 0 Å². The topological polar surface area (TPSA) is 50.9 Å². The minimum absolute atomic E-state index is 0.350. The van der Waals surface area contributed by atoms with Crippen LogP contribution in [0.15, 0.2) is 18.3 Å². The summed E-state index contributed by atoms with van der Waals surface area (Å²) in [7, 11) is 0. The Morgan fingerprint density at radius 2 is 2.41 bits per heavy atom. The van der Waals surface area contributed by atoms with Crippen LogP contribution in [0.3, 0.4) is 0 Å². The highest BCUT2D eigenvalue weighted by Crippen LogP contribution is 2.30. The summed E-state index contributed by atoms with van der Waals surface area (Å²) in [6, 6.07) is 3.88. The van der Waals surface area contributed by atoms with Crippen molar-refractivity contribution in [2.75, 3.05) is 11.9 Å². The van der Waals surface area contributed by atoms with E-state index in [-0.39, 0.29) is 0 Å². The van der Waals surface area contributed by atoms with Crippen molar-refractivity contribution in [2.45, 2.75) is 26.2 Å². The summed E-state index contributed by atoms with van der Waals surface area (Å²) in [4.78, 5) is 4.47. The minimum Gasteiger partial charge on any atom is -0.388 e. The second-order valence-corrected chi connectivity index (χ2v) is 5.40. The first-order valence-corrected chi connectivity index (χ1v) is 6.55. The van der Waals surface area contributed by atoms with Gasteiger partial charge in [-0.3, -0.25) is 4.98 Å². The Hall–Kier alpha value is -1.16. The Labute approximate surface area is 108 Å². The SMILES string of the molecule is CC1CCC(CNc2ccnc(C(N)=S)c2)C1. The van der Waals surface area contributed by atoms with Crippen molar-refractivity contribution < 1.29 is 0 Å². The van der Waals surface area contributed by atoms with Gasteiger partial charge in [-0.15, -0.1) is 0 Å². The molecule has 1 saturated carbocycles. The Morgan fingerprint density at radius 3 is 3.06 bits per heavy atom. The maximum absolute atomic E-state index is 5.56. The number of nitrogens with two attached hydrogens (primary N) is 1. The van der Waals surface area contributed by atoms with Crippen LogP contribution in [0.1, 0.15) is 31.9 Å². The molecule has 2 atom stereocenters. The highest BCUT2D eigenvalue weighted by Gasteiger charge is 2.20. The van der Waals surface area contributed by atoms with Crippen molar-refractivity contribution in [3.05, 3.63) is 24.0 Å². The number of pyridine rings is 1. The van der Waals surface area contributed by atoms with Crippen molar-refractivity contribution in [1.82, 2.24) is 4.98 Å². The molecule has 1 heterocycles. The van der Waals surface area contributed by atoms with Crippen LogP contribution in [0.2, 0.25) is 0 Å². The molecule has 17 heavy (non-hydrogen) atoms. The van der Waals surface area contributed by atoms with Gasteiger partial charge < -0.3 is 11.1 Å². The van der Waals surface area contributed by atoms with E-state index in [1.54, 1.807) is 6.20 Å². The van der Waals surface area contributed by atoms with Gasteiger partial charge in [0.2, 0.25) is 0 Å². The molecular weight excluding hydrogens is 230 g/mol. The molecule has 0 spiro atoms. The van der Waals surface area contributed by atoms with Crippen molar-refractivity contribution in [2.24, 2.45) is 17.6 Å². The van der Waals surface area contributed by atoms with Crippen LogP contribution in [0.5, 0.6) is 0 Å². The number of aromatic nitrogens is 1. The molecule has 0 aromatic carbocycles. The van der Waals surface area contributed by atoms with E-state index < -0.39 is 0 Å². The van der Waals surface area contributed by atoms with Gasteiger partial charge in [0.05, 0.1) is 5.69 Å². The molecule has 92 valence electrons. The summed E-state index contributed by atoms with van der Waals surface area (Å²) in [5.41, 5.74) is 7.30. The first kappa shape index (κ1) is 12.3. The standard InChI is InChI=1S/C13H19N3S/c1-9-2-3-10(6-9)8-16-11-4-5-15-12(7-11)13(14)17/h4-5,7,9-10H,2-3,6,8H2,1H3,(H2,14,17)(H,15,16). The number of nitrogens with one attached hydrogen (secondary N) is 1. The van der Waals surface area contributed by atoms with E-state index >= 15 is 0 Å². The molecule has 0 aliphatic heterocycles. The van der Waals surface area contributed by atoms with E-state index in [2.05, 4.69) is 17.2 Å². The third-order valence-electron chi connectivity index (χ3n) is 3.41. The Morgan fingerprint density at radius 1 is 1.59 bits per heavy atom. The molecule has 1 aliphatic carbocycles. The summed E-state index contributed by atoms with van der Waals surface area (Å²) >= 11 is 4.92.